The summed E-state index contributed by atoms with van der Waals surface area (Å²) in [5.41, 5.74) is 11.7. The van der Waals surface area contributed by atoms with Gasteiger partial charge in [0.15, 0.2) is 17.0 Å². The molecule has 0 spiro atoms. The molecule has 13 heteroatoms. The van der Waals surface area contributed by atoms with Crippen LogP contribution < -0.4 is 11.5 Å². The zero-order valence-corrected chi connectivity index (χ0v) is 14.6. The molecule has 0 bridgehead atoms. The fourth-order valence-corrected chi connectivity index (χ4v) is 2.83. The van der Waals surface area contributed by atoms with Gasteiger partial charge in [0.1, 0.15) is 23.8 Å². The first-order chi connectivity index (χ1) is 12.7. The number of benzene rings is 1. The number of halogens is 2. The van der Waals surface area contributed by atoms with Gasteiger partial charge in [-0.05, 0) is 12.1 Å². The molecular weight excluding hydrogens is 385 g/mol. The van der Waals surface area contributed by atoms with Crippen LogP contribution >= 0.6 is 7.60 Å². The smallest absolute Gasteiger partial charge is 0.350 e. The highest BCUT2D eigenvalue weighted by atomic mass is 31.2. The summed E-state index contributed by atoms with van der Waals surface area (Å²) in [4.78, 5) is 29.7. The van der Waals surface area contributed by atoms with E-state index in [0.29, 0.717) is 6.07 Å². The largest absolute Gasteiger partial charge is 0.382 e. The Morgan fingerprint density at radius 2 is 1.93 bits per heavy atom. The van der Waals surface area contributed by atoms with E-state index in [1.54, 1.807) is 0 Å². The van der Waals surface area contributed by atoms with Gasteiger partial charge in [-0.15, -0.1) is 0 Å². The van der Waals surface area contributed by atoms with E-state index in [-0.39, 0.29) is 47.5 Å². The van der Waals surface area contributed by atoms with E-state index >= 15 is 0 Å². The van der Waals surface area contributed by atoms with Gasteiger partial charge in [-0.3, -0.25) is 4.57 Å². The highest BCUT2D eigenvalue weighted by Gasteiger charge is 2.20. The molecule has 0 aliphatic heterocycles. The van der Waals surface area contributed by atoms with Crippen LogP contribution in [-0.2, 0) is 15.8 Å². The van der Waals surface area contributed by atoms with Gasteiger partial charge in [-0.2, -0.15) is 9.97 Å². The maximum Gasteiger partial charge on any atom is 0.350 e. The number of nitrogens with zero attached hydrogens (tertiary/aromatic N) is 4. The average Bonchev–Trinajstić information content (AvgIpc) is 2.89. The second-order valence-electron chi connectivity index (χ2n) is 5.55. The Hall–Kier alpha value is -2.66. The molecule has 3 aromatic rings. The number of fused-ring (bicyclic) bond motifs is 1. The van der Waals surface area contributed by atoms with Crippen LogP contribution in [0.5, 0.6) is 0 Å². The number of anilines is 2. The molecule has 0 saturated heterocycles. The van der Waals surface area contributed by atoms with E-state index < -0.39 is 25.6 Å². The standard InChI is InChI=1S/C14H15F2N6O4P/c15-7-1-2-8(9(16)5-7)12-19-10-11(17)20-14(18)21-13(10)22(12)3-4-26-6-27(23,24)25/h1-2,5H,3-4,6H2,(H2,23,24,25)(H4,17,18,20,21). The normalized spacial score (nSPS) is 12.0. The van der Waals surface area contributed by atoms with Gasteiger partial charge in [-0.25, -0.2) is 13.8 Å². The first-order valence-electron chi connectivity index (χ1n) is 7.52. The van der Waals surface area contributed by atoms with Gasteiger partial charge in [-0.1, -0.05) is 0 Å². The van der Waals surface area contributed by atoms with Gasteiger partial charge in [0.05, 0.1) is 12.2 Å². The highest BCUT2D eigenvalue weighted by Crippen LogP contribution is 2.34. The second-order valence-corrected chi connectivity index (χ2v) is 7.14. The van der Waals surface area contributed by atoms with Crippen molar-refractivity contribution in [2.24, 2.45) is 0 Å². The van der Waals surface area contributed by atoms with Crippen LogP contribution in [0.4, 0.5) is 20.5 Å². The maximum absolute atomic E-state index is 14.2. The molecule has 6 N–H and O–H groups in total. The van der Waals surface area contributed by atoms with E-state index in [9.17, 15) is 13.3 Å². The topological polar surface area (TPSA) is 162 Å². The third-order valence-electron chi connectivity index (χ3n) is 3.53. The minimum Gasteiger partial charge on any atom is -0.382 e. The van der Waals surface area contributed by atoms with E-state index in [4.69, 9.17) is 26.0 Å². The van der Waals surface area contributed by atoms with Gasteiger partial charge in [0.25, 0.3) is 0 Å². The Kier molecular flexibility index (Phi) is 5.07. The molecule has 3 rings (SSSR count). The molecule has 0 saturated carbocycles. The van der Waals surface area contributed by atoms with E-state index in [0.717, 1.165) is 6.07 Å². The van der Waals surface area contributed by atoms with Gasteiger partial charge in [0, 0.05) is 12.6 Å². The molecule has 27 heavy (non-hydrogen) atoms. The lowest BCUT2D eigenvalue weighted by Gasteiger charge is -2.11. The molecule has 2 aromatic heterocycles. The van der Waals surface area contributed by atoms with Crippen LogP contribution in [0.25, 0.3) is 22.6 Å². The molecule has 0 aliphatic rings. The Bertz CT molecular complexity index is 1050. The lowest BCUT2D eigenvalue weighted by Crippen LogP contribution is -2.10. The SMILES string of the molecule is Nc1nc(N)c2nc(-c3ccc(F)cc3F)n(CCOCP(=O)(O)O)c2n1. The predicted molar refractivity (Wildman–Crippen MR) is 92.4 cm³/mol. The molecule has 0 amide bonds. The molecule has 0 radical (unpaired) electrons. The number of nitrogen functional groups attached to an aromatic ring is 2. The fraction of sp³-hybridized carbons (Fsp3) is 0.214. The van der Waals surface area contributed by atoms with Gasteiger partial charge < -0.3 is 30.6 Å². The number of ether oxygens (including phenoxy) is 1. The Morgan fingerprint density at radius 1 is 1.19 bits per heavy atom. The average molecular weight is 400 g/mol. The lowest BCUT2D eigenvalue weighted by molar-refractivity contribution is 0.149. The summed E-state index contributed by atoms with van der Waals surface area (Å²) in [6, 6.07) is 2.97. The third kappa shape index (κ3) is 4.19. The van der Waals surface area contributed by atoms with Crippen LogP contribution in [-0.4, -0.2) is 42.3 Å². The van der Waals surface area contributed by atoms with Crippen molar-refractivity contribution in [3.8, 4) is 11.4 Å². The molecule has 0 atom stereocenters. The minimum atomic E-state index is -4.33. The number of nitrogens with two attached hydrogens (primary N) is 2. The number of hydrogen-bond acceptors (Lipinski definition) is 7. The quantitative estimate of drug-likeness (QED) is 0.350. The van der Waals surface area contributed by atoms with Crippen LogP contribution in [0.15, 0.2) is 18.2 Å². The minimum absolute atomic E-state index is 0.00145. The van der Waals surface area contributed by atoms with Crippen molar-refractivity contribution in [2.75, 3.05) is 24.4 Å². The number of imidazole rings is 1. The first kappa shape index (κ1) is 19.1. The van der Waals surface area contributed by atoms with Crippen LogP contribution in [0, 0.1) is 11.6 Å². The second kappa shape index (κ2) is 7.16. The van der Waals surface area contributed by atoms with Crippen LogP contribution in [0.3, 0.4) is 0 Å². The summed E-state index contributed by atoms with van der Waals surface area (Å²) >= 11 is 0. The van der Waals surface area contributed by atoms with Crippen molar-refractivity contribution in [3.63, 3.8) is 0 Å². The first-order valence-corrected chi connectivity index (χ1v) is 9.32. The van der Waals surface area contributed by atoms with E-state index in [2.05, 4.69) is 15.0 Å². The monoisotopic (exact) mass is 400 g/mol. The lowest BCUT2D eigenvalue weighted by atomic mass is 10.2. The zero-order chi connectivity index (χ0) is 19.8. The van der Waals surface area contributed by atoms with Crippen molar-refractivity contribution in [1.29, 1.82) is 0 Å². The van der Waals surface area contributed by atoms with Crippen molar-refractivity contribution < 1.29 is 27.9 Å². The number of rotatable bonds is 6. The molecule has 10 nitrogen and oxygen atoms in total. The van der Waals surface area contributed by atoms with E-state index in [1.807, 2.05) is 0 Å². The fourth-order valence-electron chi connectivity index (χ4n) is 2.47. The van der Waals surface area contributed by atoms with Crippen molar-refractivity contribution >= 4 is 30.5 Å². The Morgan fingerprint density at radius 3 is 2.59 bits per heavy atom. The molecule has 1 aromatic carbocycles. The van der Waals surface area contributed by atoms with Crippen molar-refractivity contribution in [2.45, 2.75) is 6.54 Å². The summed E-state index contributed by atoms with van der Waals surface area (Å²) in [6.45, 7) is -0.144. The summed E-state index contributed by atoms with van der Waals surface area (Å²) in [5.74, 6) is -1.72. The highest BCUT2D eigenvalue weighted by molar-refractivity contribution is 7.51. The number of aromatic nitrogens is 4. The molecule has 0 aliphatic carbocycles. The zero-order valence-electron chi connectivity index (χ0n) is 13.7. The van der Waals surface area contributed by atoms with Crippen LogP contribution in [0.2, 0.25) is 0 Å². The van der Waals surface area contributed by atoms with Crippen molar-refractivity contribution in [3.05, 3.63) is 29.8 Å². The Labute approximate surface area is 151 Å². The Balaban J connectivity index is 2.06. The predicted octanol–water partition coefficient (Wildman–Crippen LogP) is 1.09. The van der Waals surface area contributed by atoms with Gasteiger partial charge >= 0.3 is 7.60 Å². The summed E-state index contributed by atoms with van der Waals surface area (Å²) < 4.78 is 44.7. The summed E-state index contributed by atoms with van der Waals surface area (Å²) in [7, 11) is -4.33. The molecule has 0 fully saturated rings. The maximum atomic E-state index is 14.2. The van der Waals surface area contributed by atoms with Gasteiger partial charge in [0.2, 0.25) is 5.95 Å². The van der Waals surface area contributed by atoms with Crippen molar-refractivity contribution in [1.82, 2.24) is 19.5 Å². The number of hydrogen-bond donors (Lipinski definition) is 4. The van der Waals surface area contributed by atoms with E-state index in [1.165, 1.54) is 10.6 Å². The summed E-state index contributed by atoms with van der Waals surface area (Å²) in [5, 5.41) is 0. The van der Waals surface area contributed by atoms with Crippen LogP contribution in [0.1, 0.15) is 0 Å². The molecule has 144 valence electrons. The molecule has 0 unspecified atom stereocenters. The molecule has 2 heterocycles. The third-order valence-corrected chi connectivity index (χ3v) is 4.05. The molecular formula is C14H15F2N6O4P. The summed E-state index contributed by atoms with van der Waals surface area (Å²) in [6.07, 6.45) is -0.779.